The molecule has 11 heteroatoms. The highest BCUT2D eigenvalue weighted by Gasteiger charge is 2.22. The number of nitrogens with zero attached hydrogens (tertiary/aromatic N) is 2. The fraction of sp³-hybridized carbons (Fsp3) is 0.214. The molecule has 1 amide bonds. The van der Waals surface area contributed by atoms with Crippen LogP contribution in [0.2, 0.25) is 0 Å². The Labute approximate surface area is 228 Å². The number of fused-ring (bicyclic) bond motifs is 1. The smallest absolute Gasteiger partial charge is 0.252 e. The van der Waals surface area contributed by atoms with E-state index in [-0.39, 0.29) is 29.7 Å². The van der Waals surface area contributed by atoms with E-state index in [4.69, 9.17) is 4.74 Å². The molecule has 3 aromatic rings. The Morgan fingerprint density at radius 2 is 1.95 bits per heavy atom. The van der Waals surface area contributed by atoms with Crippen molar-refractivity contribution in [3.05, 3.63) is 95.2 Å². The van der Waals surface area contributed by atoms with Crippen molar-refractivity contribution in [2.45, 2.75) is 30.6 Å². The molecular formula is C28H30N4O6S. The quantitative estimate of drug-likeness (QED) is 0.0949. The molecule has 0 spiro atoms. The van der Waals surface area contributed by atoms with E-state index in [1.165, 1.54) is 18.5 Å². The number of allylic oxidation sites excluding steroid dienone is 1. The van der Waals surface area contributed by atoms with E-state index in [0.29, 0.717) is 35.5 Å². The number of nitrogens with one attached hydrogen (secondary N) is 2. The van der Waals surface area contributed by atoms with E-state index in [2.05, 4.69) is 27.4 Å². The van der Waals surface area contributed by atoms with Crippen molar-refractivity contribution in [1.29, 1.82) is 0 Å². The van der Waals surface area contributed by atoms with Crippen molar-refractivity contribution in [2.24, 2.45) is 5.10 Å². The molecule has 1 aliphatic carbocycles. The molecule has 1 aliphatic rings. The lowest BCUT2D eigenvalue weighted by Crippen LogP contribution is -2.28. The van der Waals surface area contributed by atoms with Crippen molar-refractivity contribution in [2.75, 3.05) is 18.6 Å². The monoisotopic (exact) mass is 550 g/mol. The molecule has 204 valence electrons. The molecule has 0 saturated heterocycles. The highest BCUT2D eigenvalue weighted by Crippen LogP contribution is 2.44. The number of carbonyl (C=O) groups excluding carboxylic acids is 2. The van der Waals surface area contributed by atoms with E-state index in [1.54, 1.807) is 36.4 Å². The Balaban J connectivity index is 1.29. The fourth-order valence-electron chi connectivity index (χ4n) is 4.31. The van der Waals surface area contributed by atoms with E-state index in [0.717, 1.165) is 29.5 Å². The summed E-state index contributed by atoms with van der Waals surface area (Å²) in [6, 6.07) is 13.0. The zero-order valence-corrected chi connectivity index (χ0v) is 22.0. The zero-order chi connectivity index (χ0) is 27.8. The number of carbonyl (C=O) groups is 2. The lowest BCUT2D eigenvalue weighted by Gasteiger charge is -2.21. The van der Waals surface area contributed by atoms with Crippen molar-refractivity contribution in [1.82, 2.24) is 10.3 Å². The number of hydrogen-bond donors (Lipinski definition) is 5. The standard InChI is InChI=1S/C28H30N4O6S/c1-2-6-23-21-8-5-9-24(33)22(21)12-13-25(23)38-16-15-29-28(34)20-11-14-27(30-17-20)32-31-18-19-7-3-4-10-26(19)39(35,36)37/h2-4,7,10-14,17-18,35-37H,1,5-6,8-9,15-16H2,(H,29,34)(H,30,32)/b31-18+. The summed E-state index contributed by atoms with van der Waals surface area (Å²) in [6.45, 7) is 4.35. The number of rotatable bonds is 11. The largest absolute Gasteiger partial charge is 0.491 e. The van der Waals surface area contributed by atoms with Gasteiger partial charge < -0.3 is 23.7 Å². The molecule has 0 saturated carbocycles. The number of anilines is 1. The molecule has 5 N–H and O–H groups in total. The Hall–Kier alpha value is -4.03. The summed E-state index contributed by atoms with van der Waals surface area (Å²) in [6.07, 6.45) is 7.36. The molecule has 0 atom stereocenters. The van der Waals surface area contributed by atoms with E-state index in [9.17, 15) is 23.2 Å². The van der Waals surface area contributed by atoms with Gasteiger partial charge >= 0.3 is 0 Å². The first-order valence-electron chi connectivity index (χ1n) is 12.3. The fourth-order valence-corrected chi connectivity index (χ4v) is 5.01. The average molecular weight is 551 g/mol. The number of benzene rings is 2. The van der Waals surface area contributed by atoms with Gasteiger partial charge in [0.25, 0.3) is 5.91 Å². The molecule has 1 heterocycles. The lowest BCUT2D eigenvalue weighted by molar-refractivity contribution is 0.0943. The maximum atomic E-state index is 12.5. The third kappa shape index (κ3) is 7.09. The van der Waals surface area contributed by atoms with Crippen LogP contribution in [0.1, 0.15) is 50.2 Å². The van der Waals surface area contributed by atoms with Crippen LogP contribution in [0.3, 0.4) is 0 Å². The van der Waals surface area contributed by atoms with Crippen LogP contribution in [0.4, 0.5) is 5.82 Å². The van der Waals surface area contributed by atoms with E-state index >= 15 is 0 Å². The third-order valence-corrected chi connectivity index (χ3v) is 7.10. The molecule has 1 aromatic heterocycles. The maximum Gasteiger partial charge on any atom is 0.252 e. The zero-order valence-electron chi connectivity index (χ0n) is 21.2. The summed E-state index contributed by atoms with van der Waals surface area (Å²) in [5, 5.41) is 6.80. The number of ketones is 1. The summed E-state index contributed by atoms with van der Waals surface area (Å²) in [5.41, 5.74) is 6.14. The molecule has 0 unspecified atom stereocenters. The molecule has 2 aromatic carbocycles. The average Bonchev–Trinajstić information content (AvgIpc) is 2.92. The van der Waals surface area contributed by atoms with Crippen LogP contribution in [-0.4, -0.2) is 49.7 Å². The summed E-state index contributed by atoms with van der Waals surface area (Å²) < 4.78 is 34.5. The second kappa shape index (κ2) is 12.7. The highest BCUT2D eigenvalue weighted by atomic mass is 32.3. The van der Waals surface area contributed by atoms with Gasteiger partial charge in [0, 0.05) is 29.3 Å². The van der Waals surface area contributed by atoms with Crippen molar-refractivity contribution < 1.29 is 28.0 Å². The summed E-state index contributed by atoms with van der Waals surface area (Å²) in [5.74, 6) is 0.904. The number of Topliss-reactive ketones (excluding diaryl/α,β-unsaturated/α-hetero) is 1. The normalized spacial score (nSPS) is 13.6. The van der Waals surface area contributed by atoms with Gasteiger partial charge in [-0.2, -0.15) is 5.10 Å². The van der Waals surface area contributed by atoms with Crippen LogP contribution >= 0.6 is 10.9 Å². The van der Waals surface area contributed by atoms with Gasteiger partial charge in [0.05, 0.1) is 23.2 Å². The van der Waals surface area contributed by atoms with Crippen molar-refractivity contribution in [3.8, 4) is 5.75 Å². The van der Waals surface area contributed by atoms with Gasteiger partial charge in [0.1, 0.15) is 29.0 Å². The van der Waals surface area contributed by atoms with Crippen molar-refractivity contribution in [3.63, 3.8) is 0 Å². The minimum atomic E-state index is -3.88. The second-order valence-corrected chi connectivity index (χ2v) is 10.3. The van der Waals surface area contributed by atoms with E-state index < -0.39 is 10.9 Å². The van der Waals surface area contributed by atoms with Crippen LogP contribution in [0.25, 0.3) is 0 Å². The number of ether oxygens (including phenoxy) is 1. The van der Waals surface area contributed by atoms with Gasteiger partial charge in [-0.3, -0.25) is 15.0 Å². The molecule has 0 radical (unpaired) electrons. The Morgan fingerprint density at radius 1 is 1.13 bits per heavy atom. The van der Waals surface area contributed by atoms with Gasteiger partial charge in [-0.05, 0) is 55.2 Å². The first-order valence-corrected chi connectivity index (χ1v) is 13.8. The van der Waals surface area contributed by atoms with Crippen LogP contribution in [0.5, 0.6) is 5.75 Å². The predicted molar refractivity (Wildman–Crippen MR) is 151 cm³/mol. The topological polar surface area (TPSA) is 153 Å². The second-order valence-electron chi connectivity index (χ2n) is 8.80. The molecule has 39 heavy (non-hydrogen) atoms. The molecule has 0 fully saturated rings. The SMILES string of the molecule is C=CCc1c(OCCNC(=O)c2ccc(N/N=C/c3ccccc3S(O)(O)O)nc2)ccc2c1CCCC2=O. The number of pyridine rings is 1. The van der Waals surface area contributed by atoms with Crippen molar-refractivity contribution >= 4 is 34.6 Å². The maximum absolute atomic E-state index is 12.5. The van der Waals surface area contributed by atoms with Crippen LogP contribution in [0.15, 0.2) is 77.4 Å². The van der Waals surface area contributed by atoms with Gasteiger partial charge in [-0.15, -0.1) is 6.58 Å². The summed E-state index contributed by atoms with van der Waals surface area (Å²) >= 11 is 0. The lowest BCUT2D eigenvalue weighted by atomic mass is 9.86. The van der Waals surface area contributed by atoms with Gasteiger partial charge in [0.2, 0.25) is 0 Å². The number of aromatic nitrogens is 1. The van der Waals surface area contributed by atoms with Crippen LogP contribution < -0.4 is 15.5 Å². The summed E-state index contributed by atoms with van der Waals surface area (Å²) in [4.78, 5) is 28.9. The van der Waals surface area contributed by atoms with Crippen LogP contribution in [-0.2, 0) is 12.8 Å². The molecule has 10 nitrogen and oxygen atoms in total. The highest BCUT2D eigenvalue weighted by molar-refractivity contribution is 8.19. The minimum absolute atomic E-state index is 0.0434. The third-order valence-electron chi connectivity index (χ3n) is 6.14. The Kier molecular flexibility index (Phi) is 9.10. The number of amides is 1. The van der Waals surface area contributed by atoms with Gasteiger partial charge in [0.15, 0.2) is 5.78 Å². The summed E-state index contributed by atoms with van der Waals surface area (Å²) in [7, 11) is -3.88. The van der Waals surface area contributed by atoms with Gasteiger partial charge in [-0.25, -0.2) is 4.98 Å². The number of hydrazone groups is 1. The Morgan fingerprint density at radius 3 is 2.69 bits per heavy atom. The predicted octanol–water partition coefficient (Wildman–Crippen LogP) is 5.17. The van der Waals surface area contributed by atoms with E-state index in [1.807, 2.05) is 12.1 Å². The van der Waals surface area contributed by atoms with Crippen LogP contribution in [0, 0.1) is 0 Å². The molecular weight excluding hydrogens is 520 g/mol. The first kappa shape index (κ1) is 28.0. The molecule has 0 bridgehead atoms. The Bertz CT molecular complexity index is 1390. The molecule has 4 rings (SSSR count). The first-order chi connectivity index (χ1) is 18.8. The minimum Gasteiger partial charge on any atom is -0.491 e. The number of hydrogen-bond acceptors (Lipinski definition) is 9. The van der Waals surface area contributed by atoms with Gasteiger partial charge in [-0.1, -0.05) is 24.3 Å². The molecule has 0 aliphatic heterocycles.